The van der Waals surface area contributed by atoms with Crippen LogP contribution in [-0.4, -0.2) is 28.2 Å². The monoisotopic (exact) mass is 378 g/mol. The number of aromatic nitrogens is 2. The Balaban J connectivity index is 1.46. The molecule has 2 aromatic carbocycles. The van der Waals surface area contributed by atoms with E-state index < -0.39 is 0 Å². The minimum atomic E-state index is 0.0421. The van der Waals surface area contributed by atoms with Crippen LogP contribution in [0.15, 0.2) is 66.9 Å². The topological polar surface area (TPSA) is 79.3 Å². The SMILES string of the molecule is OCCNc1cccnc1Oc1ccc(Nc2nc3ccccc3s2)cc1. The van der Waals surface area contributed by atoms with Gasteiger partial charge in [0.15, 0.2) is 5.13 Å². The smallest absolute Gasteiger partial charge is 0.242 e. The summed E-state index contributed by atoms with van der Waals surface area (Å²) in [6, 6.07) is 19.4. The number of aliphatic hydroxyl groups is 1. The van der Waals surface area contributed by atoms with E-state index in [1.165, 1.54) is 0 Å². The zero-order chi connectivity index (χ0) is 18.5. The van der Waals surface area contributed by atoms with E-state index in [2.05, 4.69) is 26.7 Å². The molecule has 136 valence electrons. The lowest BCUT2D eigenvalue weighted by molar-refractivity contribution is 0.311. The Kier molecular flexibility index (Phi) is 5.13. The number of para-hydroxylation sites is 1. The molecule has 0 saturated carbocycles. The summed E-state index contributed by atoms with van der Waals surface area (Å²) in [4.78, 5) is 8.83. The first-order chi connectivity index (χ1) is 13.3. The fourth-order valence-corrected chi connectivity index (χ4v) is 3.45. The molecule has 0 spiro atoms. The summed E-state index contributed by atoms with van der Waals surface area (Å²) in [5, 5.41) is 16.2. The van der Waals surface area contributed by atoms with Gasteiger partial charge in [-0.15, -0.1) is 0 Å². The number of anilines is 3. The average Bonchev–Trinajstić information content (AvgIpc) is 3.11. The molecular weight excluding hydrogens is 360 g/mol. The van der Waals surface area contributed by atoms with Gasteiger partial charge in [0.25, 0.3) is 0 Å². The van der Waals surface area contributed by atoms with Gasteiger partial charge in [0.05, 0.1) is 22.5 Å². The van der Waals surface area contributed by atoms with Crippen molar-refractivity contribution in [3.05, 3.63) is 66.9 Å². The van der Waals surface area contributed by atoms with Crippen molar-refractivity contribution in [2.24, 2.45) is 0 Å². The zero-order valence-electron chi connectivity index (χ0n) is 14.4. The van der Waals surface area contributed by atoms with Crippen molar-refractivity contribution in [1.82, 2.24) is 9.97 Å². The van der Waals surface area contributed by atoms with Crippen molar-refractivity contribution in [3.63, 3.8) is 0 Å². The molecular formula is C20H18N4O2S. The van der Waals surface area contributed by atoms with Crippen molar-refractivity contribution in [2.45, 2.75) is 0 Å². The number of nitrogens with one attached hydrogen (secondary N) is 2. The lowest BCUT2D eigenvalue weighted by Crippen LogP contribution is -2.07. The third-order valence-electron chi connectivity index (χ3n) is 3.81. The van der Waals surface area contributed by atoms with Crippen molar-refractivity contribution >= 4 is 38.1 Å². The van der Waals surface area contributed by atoms with Gasteiger partial charge in [0.1, 0.15) is 5.75 Å². The zero-order valence-corrected chi connectivity index (χ0v) is 15.2. The van der Waals surface area contributed by atoms with Gasteiger partial charge >= 0.3 is 0 Å². The highest BCUT2D eigenvalue weighted by Crippen LogP contribution is 2.30. The second kappa shape index (κ2) is 8.03. The summed E-state index contributed by atoms with van der Waals surface area (Å²) in [6.45, 7) is 0.480. The van der Waals surface area contributed by atoms with Crippen LogP contribution in [0.4, 0.5) is 16.5 Å². The maximum atomic E-state index is 8.97. The first-order valence-corrected chi connectivity index (χ1v) is 9.34. The van der Waals surface area contributed by atoms with Crippen LogP contribution in [0.1, 0.15) is 0 Å². The van der Waals surface area contributed by atoms with Crippen LogP contribution in [0.25, 0.3) is 10.2 Å². The Morgan fingerprint density at radius 3 is 2.67 bits per heavy atom. The number of thiazole rings is 1. The number of rotatable bonds is 7. The molecule has 0 saturated heterocycles. The van der Waals surface area contributed by atoms with Crippen LogP contribution in [0, 0.1) is 0 Å². The predicted molar refractivity (Wildman–Crippen MR) is 109 cm³/mol. The van der Waals surface area contributed by atoms with Crippen LogP contribution in [0.5, 0.6) is 11.6 Å². The van der Waals surface area contributed by atoms with Crippen molar-refractivity contribution in [2.75, 3.05) is 23.8 Å². The van der Waals surface area contributed by atoms with E-state index in [0.717, 1.165) is 26.7 Å². The van der Waals surface area contributed by atoms with E-state index in [1.807, 2.05) is 54.6 Å². The molecule has 2 aromatic heterocycles. The number of benzene rings is 2. The molecule has 3 N–H and O–H groups in total. The van der Waals surface area contributed by atoms with Crippen LogP contribution in [0.3, 0.4) is 0 Å². The highest BCUT2D eigenvalue weighted by molar-refractivity contribution is 7.22. The number of nitrogens with zero attached hydrogens (tertiary/aromatic N) is 2. The number of hydrogen-bond acceptors (Lipinski definition) is 7. The molecule has 4 rings (SSSR count). The van der Waals surface area contributed by atoms with Gasteiger partial charge in [0, 0.05) is 18.4 Å². The molecule has 0 bridgehead atoms. The summed E-state index contributed by atoms with van der Waals surface area (Å²) >= 11 is 1.62. The highest BCUT2D eigenvalue weighted by Gasteiger charge is 2.07. The fraction of sp³-hybridized carbons (Fsp3) is 0.100. The Morgan fingerprint density at radius 2 is 1.85 bits per heavy atom. The average molecular weight is 378 g/mol. The Hall–Kier alpha value is -3.16. The summed E-state index contributed by atoms with van der Waals surface area (Å²) in [6.07, 6.45) is 1.67. The van der Waals surface area contributed by atoms with Crippen molar-refractivity contribution < 1.29 is 9.84 Å². The quantitative estimate of drug-likeness (QED) is 0.435. The van der Waals surface area contributed by atoms with Gasteiger partial charge in [-0.2, -0.15) is 0 Å². The number of fused-ring (bicyclic) bond motifs is 1. The molecule has 0 atom stereocenters. The molecule has 0 unspecified atom stereocenters. The van der Waals surface area contributed by atoms with Crippen LogP contribution in [-0.2, 0) is 0 Å². The van der Waals surface area contributed by atoms with E-state index in [-0.39, 0.29) is 6.61 Å². The second-order valence-electron chi connectivity index (χ2n) is 5.74. The third-order valence-corrected chi connectivity index (χ3v) is 4.76. The van der Waals surface area contributed by atoms with E-state index >= 15 is 0 Å². The maximum Gasteiger partial charge on any atom is 0.242 e. The van der Waals surface area contributed by atoms with Gasteiger partial charge < -0.3 is 20.5 Å². The molecule has 4 aromatic rings. The highest BCUT2D eigenvalue weighted by atomic mass is 32.1. The van der Waals surface area contributed by atoms with E-state index in [9.17, 15) is 0 Å². The molecule has 0 amide bonds. The molecule has 0 aliphatic heterocycles. The third kappa shape index (κ3) is 4.16. The Labute approximate surface area is 160 Å². The molecule has 0 aliphatic carbocycles. The maximum absolute atomic E-state index is 8.97. The molecule has 2 heterocycles. The van der Waals surface area contributed by atoms with Crippen LogP contribution in [0.2, 0.25) is 0 Å². The fourth-order valence-electron chi connectivity index (χ4n) is 2.56. The predicted octanol–water partition coefficient (Wildman–Crippen LogP) is 4.63. The van der Waals surface area contributed by atoms with Gasteiger partial charge in [0.2, 0.25) is 5.88 Å². The molecule has 0 aliphatic rings. The Bertz CT molecular complexity index is 1000. The molecule has 7 heteroatoms. The van der Waals surface area contributed by atoms with Crippen LogP contribution < -0.4 is 15.4 Å². The van der Waals surface area contributed by atoms with Gasteiger partial charge in [-0.05, 0) is 48.5 Å². The lowest BCUT2D eigenvalue weighted by atomic mass is 10.3. The molecule has 0 fully saturated rings. The number of hydrogen-bond donors (Lipinski definition) is 3. The van der Waals surface area contributed by atoms with Crippen molar-refractivity contribution in [3.8, 4) is 11.6 Å². The normalized spacial score (nSPS) is 10.7. The number of aliphatic hydroxyl groups excluding tert-OH is 1. The molecule has 6 nitrogen and oxygen atoms in total. The summed E-state index contributed by atoms with van der Waals surface area (Å²) < 4.78 is 7.01. The van der Waals surface area contributed by atoms with Crippen molar-refractivity contribution in [1.29, 1.82) is 0 Å². The minimum absolute atomic E-state index is 0.0421. The van der Waals surface area contributed by atoms with Gasteiger partial charge in [-0.3, -0.25) is 0 Å². The van der Waals surface area contributed by atoms with Gasteiger partial charge in [-0.25, -0.2) is 9.97 Å². The van der Waals surface area contributed by atoms with E-state index in [0.29, 0.717) is 18.2 Å². The summed E-state index contributed by atoms with van der Waals surface area (Å²) in [5.41, 5.74) is 2.66. The number of ether oxygens (including phenoxy) is 1. The van der Waals surface area contributed by atoms with E-state index in [4.69, 9.17) is 9.84 Å². The van der Waals surface area contributed by atoms with Crippen LogP contribution >= 0.6 is 11.3 Å². The summed E-state index contributed by atoms with van der Waals surface area (Å²) in [7, 11) is 0. The molecule has 27 heavy (non-hydrogen) atoms. The molecule has 0 radical (unpaired) electrons. The largest absolute Gasteiger partial charge is 0.437 e. The second-order valence-corrected chi connectivity index (χ2v) is 6.78. The standard InChI is InChI=1S/C20H18N4O2S/c25-13-12-21-17-5-3-11-22-19(17)26-15-9-7-14(8-10-15)23-20-24-16-4-1-2-6-18(16)27-20/h1-11,21,25H,12-13H2,(H,23,24). The first kappa shape index (κ1) is 17.3. The minimum Gasteiger partial charge on any atom is -0.437 e. The number of pyridine rings is 1. The Morgan fingerprint density at radius 1 is 1.00 bits per heavy atom. The van der Waals surface area contributed by atoms with E-state index in [1.54, 1.807) is 17.5 Å². The first-order valence-electron chi connectivity index (χ1n) is 8.52. The lowest BCUT2D eigenvalue weighted by Gasteiger charge is -2.11. The van der Waals surface area contributed by atoms with Gasteiger partial charge in [-0.1, -0.05) is 23.5 Å². The summed E-state index contributed by atoms with van der Waals surface area (Å²) in [5.74, 6) is 1.15.